The van der Waals surface area contributed by atoms with E-state index in [1.165, 1.54) is 31.2 Å². The van der Waals surface area contributed by atoms with Crippen LogP contribution >= 0.6 is 0 Å². The summed E-state index contributed by atoms with van der Waals surface area (Å²) in [6.45, 7) is 5.37. The first-order chi connectivity index (χ1) is 8.85. The van der Waals surface area contributed by atoms with Gasteiger partial charge in [-0.05, 0) is 44.7 Å². The maximum Gasteiger partial charge on any atom is 0.124 e. The first-order valence-electron chi connectivity index (χ1n) is 7.34. The van der Waals surface area contributed by atoms with Gasteiger partial charge in [-0.1, -0.05) is 32.0 Å². The molecule has 100 valence electrons. The molecule has 0 bridgehead atoms. The van der Waals surface area contributed by atoms with E-state index in [9.17, 15) is 0 Å². The molecule has 0 spiro atoms. The second-order valence-electron chi connectivity index (χ2n) is 5.08. The van der Waals surface area contributed by atoms with Gasteiger partial charge in [-0.15, -0.1) is 0 Å². The summed E-state index contributed by atoms with van der Waals surface area (Å²) in [4.78, 5) is 0. The highest BCUT2D eigenvalue weighted by molar-refractivity contribution is 5.36. The summed E-state index contributed by atoms with van der Waals surface area (Å²) in [6, 6.07) is 8.91. The average molecular weight is 247 g/mol. The van der Waals surface area contributed by atoms with E-state index in [-0.39, 0.29) is 0 Å². The molecule has 0 heterocycles. The maximum atomic E-state index is 6.20. The highest BCUT2D eigenvalue weighted by Gasteiger charge is 2.19. The zero-order valence-corrected chi connectivity index (χ0v) is 11.6. The smallest absolute Gasteiger partial charge is 0.124 e. The zero-order valence-electron chi connectivity index (χ0n) is 11.6. The number of para-hydroxylation sites is 1. The Kier molecular flexibility index (Phi) is 5.06. The number of rotatable bonds is 6. The Balaban J connectivity index is 2.12. The third-order valence-corrected chi connectivity index (χ3v) is 3.75. The quantitative estimate of drug-likeness (QED) is 0.818. The van der Waals surface area contributed by atoms with Gasteiger partial charge in [0.05, 0.1) is 6.10 Å². The van der Waals surface area contributed by atoms with Crippen molar-refractivity contribution < 1.29 is 4.74 Å². The van der Waals surface area contributed by atoms with Crippen LogP contribution in [0, 0.1) is 0 Å². The second kappa shape index (κ2) is 6.79. The molecule has 1 atom stereocenters. The van der Waals surface area contributed by atoms with Crippen LogP contribution in [0.3, 0.4) is 0 Å². The molecule has 1 N–H and O–H groups in total. The minimum absolute atomic E-state index is 0.410. The van der Waals surface area contributed by atoms with Crippen LogP contribution in [-0.4, -0.2) is 12.6 Å². The number of hydrogen-bond donors (Lipinski definition) is 1. The van der Waals surface area contributed by atoms with Crippen LogP contribution in [0.1, 0.15) is 57.6 Å². The molecular weight excluding hydrogens is 222 g/mol. The molecular formula is C16H25NO. The van der Waals surface area contributed by atoms with E-state index in [4.69, 9.17) is 4.74 Å². The monoisotopic (exact) mass is 247 g/mol. The topological polar surface area (TPSA) is 21.3 Å². The van der Waals surface area contributed by atoms with Gasteiger partial charge in [-0.3, -0.25) is 0 Å². The lowest BCUT2D eigenvalue weighted by atomic mass is 10.0. The lowest BCUT2D eigenvalue weighted by Crippen LogP contribution is -2.22. The molecule has 0 aliphatic heterocycles. The first kappa shape index (κ1) is 13.4. The van der Waals surface area contributed by atoms with Crippen LogP contribution in [-0.2, 0) is 0 Å². The summed E-state index contributed by atoms with van der Waals surface area (Å²) in [5.41, 5.74) is 1.31. The molecule has 1 aromatic carbocycles. The Bertz CT molecular complexity index is 358. The predicted octanol–water partition coefficient (Wildman–Crippen LogP) is 4.07. The van der Waals surface area contributed by atoms with Crippen molar-refractivity contribution in [1.29, 1.82) is 0 Å². The van der Waals surface area contributed by atoms with Gasteiger partial charge in [0.25, 0.3) is 0 Å². The van der Waals surface area contributed by atoms with Crippen LogP contribution in [0.15, 0.2) is 24.3 Å². The second-order valence-corrected chi connectivity index (χ2v) is 5.08. The zero-order chi connectivity index (χ0) is 12.8. The van der Waals surface area contributed by atoms with Crippen molar-refractivity contribution in [1.82, 2.24) is 5.32 Å². The molecule has 1 saturated carbocycles. The molecule has 1 unspecified atom stereocenters. The third-order valence-electron chi connectivity index (χ3n) is 3.75. The van der Waals surface area contributed by atoms with Gasteiger partial charge >= 0.3 is 0 Å². The van der Waals surface area contributed by atoms with Crippen molar-refractivity contribution in [3.63, 3.8) is 0 Å². The summed E-state index contributed by atoms with van der Waals surface area (Å²) in [7, 11) is 0. The Morgan fingerprint density at radius 3 is 2.61 bits per heavy atom. The largest absolute Gasteiger partial charge is 0.490 e. The van der Waals surface area contributed by atoms with Crippen molar-refractivity contribution >= 4 is 0 Å². The van der Waals surface area contributed by atoms with Gasteiger partial charge in [0.15, 0.2) is 0 Å². The third kappa shape index (κ3) is 3.26. The van der Waals surface area contributed by atoms with Crippen LogP contribution in [0.5, 0.6) is 5.75 Å². The van der Waals surface area contributed by atoms with Gasteiger partial charge < -0.3 is 10.1 Å². The van der Waals surface area contributed by atoms with Crippen molar-refractivity contribution in [3.05, 3.63) is 29.8 Å². The molecule has 18 heavy (non-hydrogen) atoms. The summed E-state index contributed by atoms with van der Waals surface area (Å²) in [5, 5.41) is 3.53. The fraction of sp³-hybridized carbons (Fsp3) is 0.625. The number of nitrogens with one attached hydrogen (secondary N) is 1. The van der Waals surface area contributed by atoms with E-state index < -0.39 is 0 Å². The normalized spacial score (nSPS) is 17.9. The maximum absolute atomic E-state index is 6.20. The molecule has 2 heteroatoms. The van der Waals surface area contributed by atoms with E-state index in [2.05, 4.69) is 43.4 Å². The number of hydrogen-bond acceptors (Lipinski definition) is 2. The molecule has 1 aromatic rings. The van der Waals surface area contributed by atoms with Crippen molar-refractivity contribution in [3.8, 4) is 5.75 Å². The van der Waals surface area contributed by atoms with Crippen LogP contribution < -0.4 is 10.1 Å². The van der Waals surface area contributed by atoms with E-state index in [0.717, 1.165) is 18.7 Å². The van der Waals surface area contributed by atoms with E-state index in [0.29, 0.717) is 12.1 Å². The summed E-state index contributed by atoms with van der Waals surface area (Å²) in [6.07, 6.45) is 6.59. The van der Waals surface area contributed by atoms with Gasteiger partial charge in [0.2, 0.25) is 0 Å². The predicted molar refractivity (Wildman–Crippen MR) is 76.0 cm³/mol. The Labute approximate surface area is 111 Å². The molecule has 0 saturated heterocycles. The number of ether oxygens (including phenoxy) is 1. The van der Waals surface area contributed by atoms with Gasteiger partial charge in [0.1, 0.15) is 5.75 Å². The standard InChI is InChI=1S/C16H25NO/c1-3-15(17-4-2)14-11-7-8-12-16(14)18-13-9-5-6-10-13/h7-8,11-13,15,17H,3-6,9-10H2,1-2H3. The molecule has 1 aliphatic carbocycles. The van der Waals surface area contributed by atoms with E-state index in [1.807, 2.05) is 0 Å². The fourth-order valence-electron chi connectivity index (χ4n) is 2.78. The van der Waals surface area contributed by atoms with Gasteiger partial charge in [-0.25, -0.2) is 0 Å². The van der Waals surface area contributed by atoms with Gasteiger partial charge in [-0.2, -0.15) is 0 Å². The van der Waals surface area contributed by atoms with E-state index >= 15 is 0 Å². The highest BCUT2D eigenvalue weighted by atomic mass is 16.5. The number of benzene rings is 1. The summed E-state index contributed by atoms with van der Waals surface area (Å²) < 4.78 is 6.20. The molecule has 2 rings (SSSR count). The molecule has 0 amide bonds. The lowest BCUT2D eigenvalue weighted by Gasteiger charge is -2.22. The SMILES string of the molecule is CCNC(CC)c1ccccc1OC1CCCC1. The minimum Gasteiger partial charge on any atom is -0.490 e. The van der Waals surface area contributed by atoms with Crippen molar-refractivity contribution in [2.24, 2.45) is 0 Å². The first-order valence-corrected chi connectivity index (χ1v) is 7.34. The Morgan fingerprint density at radius 1 is 1.22 bits per heavy atom. The van der Waals surface area contributed by atoms with Crippen LogP contribution in [0.25, 0.3) is 0 Å². The van der Waals surface area contributed by atoms with Crippen LogP contribution in [0.2, 0.25) is 0 Å². The molecule has 0 aromatic heterocycles. The lowest BCUT2D eigenvalue weighted by molar-refractivity contribution is 0.206. The fourth-order valence-corrected chi connectivity index (χ4v) is 2.78. The van der Waals surface area contributed by atoms with Crippen molar-refractivity contribution in [2.45, 2.75) is 58.1 Å². The van der Waals surface area contributed by atoms with Gasteiger partial charge in [0, 0.05) is 11.6 Å². The van der Waals surface area contributed by atoms with Crippen LogP contribution in [0.4, 0.5) is 0 Å². The minimum atomic E-state index is 0.410. The molecule has 2 nitrogen and oxygen atoms in total. The Hall–Kier alpha value is -1.02. The van der Waals surface area contributed by atoms with E-state index in [1.54, 1.807) is 0 Å². The average Bonchev–Trinajstić information content (AvgIpc) is 2.90. The molecule has 1 fully saturated rings. The summed E-state index contributed by atoms with van der Waals surface area (Å²) >= 11 is 0. The summed E-state index contributed by atoms with van der Waals surface area (Å²) in [5.74, 6) is 1.08. The Morgan fingerprint density at radius 2 is 1.94 bits per heavy atom. The molecule has 0 radical (unpaired) electrons. The van der Waals surface area contributed by atoms with Crippen molar-refractivity contribution in [2.75, 3.05) is 6.54 Å². The molecule has 1 aliphatic rings. The highest BCUT2D eigenvalue weighted by Crippen LogP contribution is 2.31.